The molecule has 0 radical (unpaired) electrons. The third-order valence-corrected chi connectivity index (χ3v) is 7.99. The number of aliphatic carboxylic acids is 1. The summed E-state index contributed by atoms with van der Waals surface area (Å²) in [6.45, 7) is 1.13. The van der Waals surface area contributed by atoms with Crippen LogP contribution in [0.25, 0.3) is 0 Å². The van der Waals surface area contributed by atoms with Crippen LogP contribution in [-0.2, 0) is 24.8 Å². The average molecular weight is 506 g/mol. The minimum absolute atomic E-state index is 0.0200. The molecule has 0 aliphatic heterocycles. The molecule has 0 aromatic carbocycles. The van der Waals surface area contributed by atoms with Crippen molar-refractivity contribution in [2.75, 3.05) is 31.2 Å². The molecular weight excluding hydrogens is 482 g/mol. The smallest absolute Gasteiger partial charge is 0.335 e. The van der Waals surface area contributed by atoms with Gasteiger partial charge in [0.2, 0.25) is 27.7 Å². The van der Waals surface area contributed by atoms with Crippen molar-refractivity contribution in [3.8, 4) is 11.8 Å². The van der Waals surface area contributed by atoms with Crippen molar-refractivity contribution in [2.45, 2.75) is 6.92 Å². The number of carboxylic acids is 1. The number of carboxylic acid groups (broad SMARTS) is 1. The van der Waals surface area contributed by atoms with E-state index >= 15 is 0 Å². The van der Waals surface area contributed by atoms with Crippen LogP contribution in [0.15, 0.2) is 30.4 Å². The fourth-order valence-electron chi connectivity index (χ4n) is 2.79. The summed E-state index contributed by atoms with van der Waals surface area (Å²) in [5, 5.41) is 9.89. The minimum Gasteiger partial charge on any atom is -0.481 e. The fraction of sp³-hybridized carbons (Fsp3) is 0.412. The second-order valence-electron chi connectivity index (χ2n) is 7.07. The van der Waals surface area contributed by atoms with Gasteiger partial charge in [0.15, 0.2) is 5.08 Å². The van der Waals surface area contributed by atoms with E-state index in [-0.39, 0.29) is 24.3 Å². The zero-order chi connectivity index (χ0) is 24.9. The van der Waals surface area contributed by atoms with Gasteiger partial charge in [-0.2, -0.15) is 9.97 Å². The lowest BCUT2D eigenvalue weighted by molar-refractivity contribution is -0.142. The number of sulfonamides is 2. The second-order valence-corrected chi connectivity index (χ2v) is 11.0. The van der Waals surface area contributed by atoms with Gasteiger partial charge in [-0.15, -0.1) is 0 Å². The highest BCUT2D eigenvalue weighted by Gasteiger charge is 2.38. The lowest BCUT2D eigenvalue weighted by Crippen LogP contribution is -2.45. The Morgan fingerprint density at radius 2 is 1.70 bits per heavy atom. The number of nitrogens with one attached hydrogen (secondary N) is 3. The maximum atomic E-state index is 12.3. The number of aromatic nitrogens is 2. The number of nitrogens with zero attached hydrogens (tertiary/aromatic N) is 2. The largest absolute Gasteiger partial charge is 0.481 e. The first kappa shape index (κ1) is 26.0. The highest BCUT2D eigenvalue weighted by Crippen LogP contribution is 2.33. The molecule has 0 fully saturated rings. The number of carbonyl (C=O) groups is 2. The molecule has 2 unspecified atom stereocenters. The van der Waals surface area contributed by atoms with E-state index in [1.165, 1.54) is 50.2 Å². The molecule has 1 aliphatic rings. The lowest BCUT2D eigenvalue weighted by atomic mass is 9.74. The minimum atomic E-state index is -4.67. The first-order valence-corrected chi connectivity index (χ1v) is 12.4. The van der Waals surface area contributed by atoms with Gasteiger partial charge in [-0.05, 0) is 0 Å². The van der Waals surface area contributed by atoms with Gasteiger partial charge in [0, 0.05) is 12.0 Å². The van der Waals surface area contributed by atoms with Crippen molar-refractivity contribution in [2.24, 2.45) is 11.3 Å². The van der Waals surface area contributed by atoms with Crippen molar-refractivity contribution in [1.29, 1.82) is 0 Å². The number of hydrogen-bond acceptors (Lipinski definition) is 10. The summed E-state index contributed by atoms with van der Waals surface area (Å²) in [5.41, 5.74) is -1.13. The van der Waals surface area contributed by atoms with E-state index in [0.29, 0.717) is 0 Å². The molecule has 0 saturated carbocycles. The van der Waals surface area contributed by atoms with Crippen LogP contribution in [0.5, 0.6) is 11.8 Å². The average Bonchev–Trinajstić information content (AvgIpc) is 2.70. The van der Waals surface area contributed by atoms with E-state index in [2.05, 4.69) is 14.7 Å². The number of urea groups is 1. The van der Waals surface area contributed by atoms with Crippen LogP contribution >= 0.6 is 0 Å². The van der Waals surface area contributed by atoms with Gasteiger partial charge in [0.1, 0.15) is 0 Å². The summed E-state index contributed by atoms with van der Waals surface area (Å²) in [6, 6.07) is -0.0103. The van der Waals surface area contributed by atoms with Crippen LogP contribution in [0.3, 0.4) is 0 Å². The van der Waals surface area contributed by atoms with Crippen LogP contribution in [0.1, 0.15) is 6.92 Å². The van der Waals surface area contributed by atoms with Crippen LogP contribution in [0.2, 0.25) is 0 Å². The summed E-state index contributed by atoms with van der Waals surface area (Å²) >= 11 is 0. The van der Waals surface area contributed by atoms with Crippen LogP contribution < -0.4 is 24.2 Å². The molecular formula is C17H23N5O9S2. The van der Waals surface area contributed by atoms with Crippen molar-refractivity contribution < 1.29 is 41.0 Å². The van der Waals surface area contributed by atoms with Crippen molar-refractivity contribution in [1.82, 2.24) is 19.4 Å². The Balaban J connectivity index is 2.02. The zero-order valence-corrected chi connectivity index (χ0v) is 19.4. The van der Waals surface area contributed by atoms with E-state index in [1.54, 1.807) is 6.08 Å². The molecule has 1 heterocycles. The maximum Gasteiger partial charge on any atom is 0.335 e. The number of amides is 2. The zero-order valence-electron chi connectivity index (χ0n) is 17.8. The second kappa shape index (κ2) is 10.1. The summed E-state index contributed by atoms with van der Waals surface area (Å²) in [5.74, 6) is -2.51. The third-order valence-electron chi connectivity index (χ3n) is 4.42. The number of carbonyl (C=O) groups excluding carboxylic acids is 1. The monoisotopic (exact) mass is 505 g/mol. The number of ether oxygens (including phenoxy) is 2. The lowest BCUT2D eigenvalue weighted by Gasteiger charge is -2.32. The van der Waals surface area contributed by atoms with Gasteiger partial charge in [-0.1, -0.05) is 31.2 Å². The summed E-state index contributed by atoms with van der Waals surface area (Å²) < 4.78 is 62.4. The Morgan fingerprint density at radius 1 is 1.09 bits per heavy atom. The van der Waals surface area contributed by atoms with Crippen molar-refractivity contribution in [3.63, 3.8) is 0 Å². The SMILES string of the molecule is COc1cc(OC)nc(NC(=O)NS(=O)(=O)CS(=O)(=O)NCC2(C)C=CC=CC2C(=O)O)n1. The molecule has 1 aromatic heterocycles. The topological polar surface area (TPSA) is 203 Å². The molecule has 182 valence electrons. The molecule has 0 spiro atoms. The maximum absolute atomic E-state index is 12.3. The van der Waals surface area contributed by atoms with E-state index in [0.717, 1.165) is 0 Å². The van der Waals surface area contributed by atoms with Gasteiger partial charge in [0.05, 0.1) is 26.2 Å². The predicted molar refractivity (Wildman–Crippen MR) is 116 cm³/mol. The summed E-state index contributed by atoms with van der Waals surface area (Å²) in [4.78, 5) is 31.0. The third kappa shape index (κ3) is 7.40. The molecule has 2 atom stereocenters. The highest BCUT2D eigenvalue weighted by molar-refractivity contribution is 8.06. The predicted octanol–water partition coefficient (Wildman–Crippen LogP) is -0.345. The first-order valence-electron chi connectivity index (χ1n) is 9.14. The molecule has 14 nitrogen and oxygen atoms in total. The molecule has 33 heavy (non-hydrogen) atoms. The molecule has 1 aromatic rings. The van der Waals surface area contributed by atoms with Crippen LogP contribution in [-0.4, -0.2) is 69.8 Å². The van der Waals surface area contributed by atoms with E-state index in [9.17, 15) is 31.5 Å². The van der Waals surface area contributed by atoms with Crippen LogP contribution in [0.4, 0.5) is 10.7 Å². The number of hydrogen-bond donors (Lipinski definition) is 4. The Morgan fingerprint density at radius 3 is 2.24 bits per heavy atom. The number of allylic oxidation sites excluding steroid dienone is 2. The van der Waals surface area contributed by atoms with Gasteiger partial charge >= 0.3 is 12.0 Å². The molecule has 2 amide bonds. The standard InChI is InChI=1S/C17H23N5O9S2/c1-17(7-5-4-6-11(17)14(23)24)9-18-32(26,27)10-33(28,29)22-16(25)21-15-19-12(30-2)8-13(20-15)31-3/h4-8,11,18H,9-10H2,1-3H3,(H,23,24)(H2,19,20,21,22,25). The number of anilines is 1. The molecule has 0 bridgehead atoms. The Bertz CT molecular complexity index is 1160. The van der Waals surface area contributed by atoms with Gasteiger partial charge in [-0.3, -0.25) is 10.1 Å². The van der Waals surface area contributed by atoms with E-state index < -0.39 is 48.5 Å². The quantitative estimate of drug-likeness (QED) is 0.324. The first-order chi connectivity index (χ1) is 15.3. The van der Waals surface area contributed by atoms with E-state index in [1.807, 2.05) is 5.32 Å². The molecule has 4 N–H and O–H groups in total. The van der Waals surface area contributed by atoms with E-state index in [4.69, 9.17) is 9.47 Å². The van der Waals surface area contributed by atoms with Gasteiger partial charge < -0.3 is 14.6 Å². The molecule has 0 saturated heterocycles. The van der Waals surface area contributed by atoms with Gasteiger partial charge in [-0.25, -0.2) is 31.1 Å². The fourth-order valence-corrected chi connectivity index (χ4v) is 5.85. The highest BCUT2D eigenvalue weighted by atomic mass is 32.3. The Kier molecular flexibility index (Phi) is 7.99. The molecule has 2 rings (SSSR count). The molecule has 16 heteroatoms. The normalized spacial score (nSPS) is 20.2. The Hall–Kier alpha value is -3.24. The van der Waals surface area contributed by atoms with Crippen LogP contribution in [0, 0.1) is 11.3 Å². The number of methoxy groups -OCH3 is 2. The number of rotatable bonds is 10. The molecule has 1 aliphatic carbocycles. The summed E-state index contributed by atoms with van der Waals surface area (Å²) in [6.07, 6.45) is 5.99. The summed E-state index contributed by atoms with van der Waals surface area (Å²) in [7, 11) is -6.54. The van der Waals surface area contributed by atoms with Crippen molar-refractivity contribution >= 4 is 38.0 Å². The van der Waals surface area contributed by atoms with Crippen molar-refractivity contribution in [3.05, 3.63) is 30.4 Å². The Labute approximate surface area is 190 Å². The van der Waals surface area contributed by atoms with Gasteiger partial charge in [0.25, 0.3) is 10.0 Å².